The molecule has 0 unspecified atom stereocenters. The molecule has 6 nitrogen and oxygen atoms in total. The van der Waals surface area contributed by atoms with Crippen molar-refractivity contribution in [2.24, 2.45) is 0 Å². The lowest BCUT2D eigenvalue weighted by Gasteiger charge is -2.13. The van der Waals surface area contributed by atoms with Crippen LogP contribution in [-0.4, -0.2) is 33.7 Å². The third kappa shape index (κ3) is 5.90. The quantitative estimate of drug-likeness (QED) is 0.263. The highest BCUT2D eigenvalue weighted by Gasteiger charge is 2.27. The maximum atomic E-state index is 13.4. The van der Waals surface area contributed by atoms with E-state index in [1.807, 2.05) is 13.0 Å². The normalized spacial score (nSPS) is 10.7. The predicted octanol–water partition coefficient (Wildman–Crippen LogP) is 5.98. The van der Waals surface area contributed by atoms with E-state index in [4.69, 9.17) is 0 Å². The molecule has 0 fully saturated rings. The lowest BCUT2D eigenvalue weighted by molar-refractivity contribution is 0.0677. The molecule has 0 bridgehead atoms. The van der Waals surface area contributed by atoms with Crippen molar-refractivity contribution in [2.45, 2.75) is 46.0 Å². The van der Waals surface area contributed by atoms with Gasteiger partial charge in [0.25, 0.3) is 0 Å². The van der Waals surface area contributed by atoms with Crippen LogP contribution in [0.4, 0.5) is 0 Å². The highest BCUT2D eigenvalue weighted by atomic mass is 16.4. The first-order chi connectivity index (χ1) is 16.7. The number of benzene rings is 3. The summed E-state index contributed by atoms with van der Waals surface area (Å²) >= 11 is 0. The van der Waals surface area contributed by atoms with Gasteiger partial charge in [0.15, 0.2) is 11.6 Å². The number of aromatic carboxylic acids is 2. The number of carboxylic acids is 2. The summed E-state index contributed by atoms with van der Waals surface area (Å²) in [4.78, 5) is 50.5. The van der Waals surface area contributed by atoms with Crippen LogP contribution in [0.5, 0.6) is 0 Å². The smallest absolute Gasteiger partial charge is 0.336 e. The highest BCUT2D eigenvalue weighted by Crippen LogP contribution is 2.25. The van der Waals surface area contributed by atoms with Gasteiger partial charge in [0, 0.05) is 22.3 Å². The Balaban J connectivity index is 2.07. The number of hydrogen-bond donors (Lipinski definition) is 2. The van der Waals surface area contributed by atoms with Crippen LogP contribution < -0.4 is 0 Å². The van der Waals surface area contributed by atoms with E-state index >= 15 is 0 Å². The van der Waals surface area contributed by atoms with E-state index in [1.54, 1.807) is 30.3 Å². The summed E-state index contributed by atoms with van der Waals surface area (Å²) in [5, 5.41) is 19.6. The average molecular weight is 473 g/mol. The molecule has 0 saturated heterocycles. The monoisotopic (exact) mass is 472 g/mol. The molecule has 0 aliphatic carbocycles. The highest BCUT2D eigenvalue weighted by molar-refractivity contribution is 6.19. The van der Waals surface area contributed by atoms with Gasteiger partial charge in [-0.3, -0.25) is 9.59 Å². The van der Waals surface area contributed by atoms with Crippen molar-refractivity contribution in [1.29, 1.82) is 0 Å². The van der Waals surface area contributed by atoms with Crippen molar-refractivity contribution >= 4 is 23.5 Å². The summed E-state index contributed by atoms with van der Waals surface area (Å²) in [6.07, 6.45) is 5.10. The number of rotatable bonds is 11. The van der Waals surface area contributed by atoms with Gasteiger partial charge in [-0.15, -0.1) is 0 Å². The Kier molecular flexibility index (Phi) is 8.31. The number of carbonyl (C=O) groups excluding carboxylic acids is 2. The topological polar surface area (TPSA) is 109 Å². The fourth-order valence-corrected chi connectivity index (χ4v) is 4.05. The minimum absolute atomic E-state index is 0.219. The molecule has 180 valence electrons. The molecule has 0 saturated carbocycles. The lowest BCUT2D eigenvalue weighted by atomic mass is 9.89. The molecule has 3 aromatic carbocycles. The SMILES string of the molecule is CCCCCCc1cc(C(=O)c2cc(C(=O)O)c(C(=O)c3ccccc3)cc2C(=O)O)ccc1C. The van der Waals surface area contributed by atoms with Crippen molar-refractivity contribution in [3.63, 3.8) is 0 Å². The zero-order valence-corrected chi connectivity index (χ0v) is 19.8. The van der Waals surface area contributed by atoms with Crippen molar-refractivity contribution in [1.82, 2.24) is 0 Å². The molecule has 0 spiro atoms. The number of aryl methyl sites for hydroxylation is 2. The Morgan fingerprint density at radius 1 is 0.657 bits per heavy atom. The van der Waals surface area contributed by atoms with Crippen LogP contribution in [0.3, 0.4) is 0 Å². The van der Waals surface area contributed by atoms with E-state index < -0.39 is 34.6 Å². The summed E-state index contributed by atoms with van der Waals surface area (Å²) in [5.41, 5.74) is 1.16. The lowest BCUT2D eigenvalue weighted by Crippen LogP contribution is -2.17. The predicted molar refractivity (Wildman–Crippen MR) is 133 cm³/mol. The molecule has 35 heavy (non-hydrogen) atoms. The maximum absolute atomic E-state index is 13.4. The van der Waals surface area contributed by atoms with Crippen LogP contribution in [0.25, 0.3) is 0 Å². The second-order valence-electron chi connectivity index (χ2n) is 8.53. The summed E-state index contributed by atoms with van der Waals surface area (Å²) in [5.74, 6) is -4.07. The summed E-state index contributed by atoms with van der Waals surface area (Å²) in [7, 11) is 0. The van der Waals surface area contributed by atoms with Crippen molar-refractivity contribution < 1.29 is 29.4 Å². The van der Waals surface area contributed by atoms with Gasteiger partial charge >= 0.3 is 11.9 Å². The van der Waals surface area contributed by atoms with Gasteiger partial charge in [0.05, 0.1) is 11.1 Å². The van der Waals surface area contributed by atoms with Crippen molar-refractivity contribution in [3.05, 3.63) is 105 Å². The second-order valence-corrected chi connectivity index (χ2v) is 8.53. The van der Waals surface area contributed by atoms with Gasteiger partial charge in [-0.2, -0.15) is 0 Å². The van der Waals surface area contributed by atoms with E-state index in [0.717, 1.165) is 55.4 Å². The first-order valence-corrected chi connectivity index (χ1v) is 11.6. The van der Waals surface area contributed by atoms with Gasteiger partial charge in [-0.05, 0) is 49.1 Å². The first kappa shape index (κ1) is 25.6. The molecule has 6 heteroatoms. The Bertz CT molecular complexity index is 1270. The van der Waals surface area contributed by atoms with E-state index in [0.29, 0.717) is 0 Å². The molecule has 3 aromatic rings. The van der Waals surface area contributed by atoms with Gasteiger partial charge in [-0.1, -0.05) is 68.7 Å². The molecule has 0 aliphatic rings. The fourth-order valence-electron chi connectivity index (χ4n) is 4.05. The van der Waals surface area contributed by atoms with Crippen LogP contribution in [0.15, 0.2) is 60.7 Å². The summed E-state index contributed by atoms with van der Waals surface area (Å²) in [6.45, 7) is 4.09. The van der Waals surface area contributed by atoms with Gasteiger partial charge in [0.2, 0.25) is 0 Å². The van der Waals surface area contributed by atoms with Crippen LogP contribution >= 0.6 is 0 Å². The fraction of sp³-hybridized carbons (Fsp3) is 0.241. The molecule has 0 aliphatic heterocycles. The minimum atomic E-state index is -1.42. The number of carboxylic acid groups (broad SMARTS) is 2. The largest absolute Gasteiger partial charge is 0.478 e. The molecule has 0 amide bonds. The summed E-state index contributed by atoms with van der Waals surface area (Å²) in [6, 6.07) is 15.2. The zero-order valence-electron chi connectivity index (χ0n) is 19.8. The number of ketones is 2. The Hall–Kier alpha value is -4.06. The van der Waals surface area contributed by atoms with Crippen molar-refractivity contribution in [3.8, 4) is 0 Å². The van der Waals surface area contributed by atoms with Gasteiger partial charge < -0.3 is 10.2 Å². The number of hydrogen-bond acceptors (Lipinski definition) is 4. The molecule has 0 radical (unpaired) electrons. The first-order valence-electron chi connectivity index (χ1n) is 11.6. The third-order valence-electron chi connectivity index (χ3n) is 6.05. The molecule has 0 heterocycles. The van der Waals surface area contributed by atoms with Crippen molar-refractivity contribution in [2.75, 3.05) is 0 Å². The standard InChI is InChI=1S/C29H28O6/c1-3-4-5-7-12-20-15-21(14-13-18(20)2)27(31)23-17-24(28(32)33)22(16-25(23)29(34)35)26(30)19-10-8-6-9-11-19/h6,8-11,13-17H,3-5,7,12H2,1-2H3,(H,32,33)(H,34,35). The van der Waals surface area contributed by atoms with Gasteiger partial charge in [-0.25, -0.2) is 9.59 Å². The Morgan fingerprint density at radius 3 is 1.77 bits per heavy atom. The third-order valence-corrected chi connectivity index (χ3v) is 6.05. The molecule has 3 rings (SSSR count). The van der Waals surface area contributed by atoms with Crippen LogP contribution in [-0.2, 0) is 6.42 Å². The Labute approximate surface area is 204 Å². The van der Waals surface area contributed by atoms with Crippen LogP contribution in [0.1, 0.15) is 96.3 Å². The number of unbranched alkanes of at least 4 members (excludes halogenated alkanes) is 3. The van der Waals surface area contributed by atoms with E-state index in [9.17, 15) is 29.4 Å². The maximum Gasteiger partial charge on any atom is 0.336 e. The molecular weight excluding hydrogens is 444 g/mol. The Morgan fingerprint density at radius 2 is 1.23 bits per heavy atom. The van der Waals surface area contributed by atoms with Gasteiger partial charge in [0.1, 0.15) is 0 Å². The summed E-state index contributed by atoms with van der Waals surface area (Å²) < 4.78 is 0. The second kappa shape index (κ2) is 11.4. The molecule has 0 atom stereocenters. The molecule has 2 N–H and O–H groups in total. The molecular formula is C29H28O6. The zero-order chi connectivity index (χ0) is 25.5. The minimum Gasteiger partial charge on any atom is -0.478 e. The van der Waals surface area contributed by atoms with E-state index in [-0.39, 0.29) is 22.3 Å². The van der Waals surface area contributed by atoms with E-state index in [1.165, 1.54) is 12.1 Å². The number of carbonyl (C=O) groups is 4. The van der Waals surface area contributed by atoms with E-state index in [2.05, 4.69) is 6.92 Å². The van der Waals surface area contributed by atoms with Crippen LogP contribution in [0, 0.1) is 6.92 Å². The van der Waals surface area contributed by atoms with Crippen LogP contribution in [0.2, 0.25) is 0 Å². The molecule has 0 aromatic heterocycles. The average Bonchev–Trinajstić information content (AvgIpc) is 2.86.